The maximum atomic E-state index is 3.40. The van der Waals surface area contributed by atoms with E-state index in [0.717, 1.165) is 18.8 Å². The lowest BCUT2D eigenvalue weighted by molar-refractivity contribution is 0.234. The average molecular weight is 247 g/mol. The third kappa shape index (κ3) is 5.44. The van der Waals surface area contributed by atoms with Gasteiger partial charge in [-0.15, -0.1) is 11.8 Å². The highest BCUT2D eigenvalue weighted by Crippen LogP contribution is 2.26. The molecule has 2 rings (SSSR count). The number of piperidine rings is 1. The smallest absolute Gasteiger partial charge is 0.0217 e. The van der Waals surface area contributed by atoms with Crippen LogP contribution in [0.3, 0.4) is 0 Å². The standard InChI is InChI=1S/C17H29N/c1(5-11-17-12-6-3-7-13-17)2-8-14-18-15-9-4-10-16-18/h17H,3-16H2. The Bertz CT molecular complexity index is 235. The predicted octanol–water partition coefficient (Wildman–Crippen LogP) is 4.23. The van der Waals surface area contributed by atoms with Gasteiger partial charge in [0.05, 0.1) is 0 Å². The van der Waals surface area contributed by atoms with Gasteiger partial charge in [-0.1, -0.05) is 38.5 Å². The van der Waals surface area contributed by atoms with Gasteiger partial charge in [0.2, 0.25) is 0 Å². The number of likely N-dealkylation sites (tertiary alicyclic amines) is 1. The van der Waals surface area contributed by atoms with Crippen LogP contribution in [0.25, 0.3) is 0 Å². The van der Waals surface area contributed by atoms with Crippen molar-refractivity contribution in [2.75, 3.05) is 19.6 Å². The number of rotatable bonds is 4. The van der Waals surface area contributed by atoms with Crippen LogP contribution in [0.5, 0.6) is 0 Å². The molecule has 1 saturated heterocycles. The molecule has 1 nitrogen and oxygen atoms in total. The molecule has 1 heterocycles. The first-order valence-corrected chi connectivity index (χ1v) is 8.13. The Hall–Kier alpha value is -0.480. The molecular formula is C17H29N. The Morgan fingerprint density at radius 3 is 2.22 bits per heavy atom. The van der Waals surface area contributed by atoms with Gasteiger partial charge in [0.25, 0.3) is 0 Å². The molecule has 1 heteroatoms. The van der Waals surface area contributed by atoms with Crippen molar-refractivity contribution in [2.24, 2.45) is 5.92 Å². The van der Waals surface area contributed by atoms with E-state index in [9.17, 15) is 0 Å². The van der Waals surface area contributed by atoms with Crippen molar-refractivity contribution in [3.8, 4) is 11.8 Å². The zero-order valence-electron chi connectivity index (χ0n) is 11.9. The highest BCUT2D eigenvalue weighted by molar-refractivity contribution is 4.99. The third-order valence-corrected chi connectivity index (χ3v) is 4.53. The third-order valence-electron chi connectivity index (χ3n) is 4.53. The van der Waals surface area contributed by atoms with E-state index >= 15 is 0 Å². The Morgan fingerprint density at radius 2 is 1.44 bits per heavy atom. The molecule has 18 heavy (non-hydrogen) atoms. The van der Waals surface area contributed by atoms with Gasteiger partial charge in [0.15, 0.2) is 0 Å². The summed E-state index contributed by atoms with van der Waals surface area (Å²) in [4.78, 5) is 2.58. The fourth-order valence-corrected chi connectivity index (χ4v) is 3.33. The molecule has 102 valence electrons. The van der Waals surface area contributed by atoms with Crippen molar-refractivity contribution >= 4 is 0 Å². The van der Waals surface area contributed by atoms with Crippen molar-refractivity contribution in [1.29, 1.82) is 0 Å². The van der Waals surface area contributed by atoms with E-state index in [0.29, 0.717) is 0 Å². The van der Waals surface area contributed by atoms with Crippen LogP contribution in [0.15, 0.2) is 0 Å². The van der Waals surface area contributed by atoms with Crippen LogP contribution in [0.2, 0.25) is 0 Å². The van der Waals surface area contributed by atoms with Gasteiger partial charge in [0.1, 0.15) is 0 Å². The molecule has 1 aliphatic carbocycles. The van der Waals surface area contributed by atoms with Crippen LogP contribution < -0.4 is 0 Å². The molecular weight excluding hydrogens is 218 g/mol. The molecule has 0 unspecified atom stereocenters. The minimum absolute atomic E-state index is 0.996. The summed E-state index contributed by atoms with van der Waals surface area (Å²) in [6, 6.07) is 0. The van der Waals surface area contributed by atoms with Gasteiger partial charge in [-0.25, -0.2) is 0 Å². The summed E-state index contributed by atoms with van der Waals surface area (Å²) in [5.74, 6) is 7.77. The Kier molecular flexibility index (Phi) is 6.65. The van der Waals surface area contributed by atoms with Gasteiger partial charge in [-0.2, -0.15) is 0 Å². The second-order valence-electron chi connectivity index (χ2n) is 6.05. The number of hydrogen-bond acceptors (Lipinski definition) is 1. The van der Waals surface area contributed by atoms with Crippen LogP contribution in [0, 0.1) is 17.8 Å². The minimum Gasteiger partial charge on any atom is -0.302 e. The van der Waals surface area contributed by atoms with Crippen molar-refractivity contribution in [2.45, 2.75) is 70.6 Å². The Balaban J connectivity index is 1.49. The number of nitrogens with zero attached hydrogens (tertiary/aromatic N) is 1. The molecule has 0 radical (unpaired) electrons. The van der Waals surface area contributed by atoms with E-state index in [1.165, 1.54) is 77.4 Å². The summed E-state index contributed by atoms with van der Waals surface area (Å²) in [6.07, 6.45) is 15.2. The van der Waals surface area contributed by atoms with E-state index in [-0.39, 0.29) is 0 Å². The summed E-state index contributed by atoms with van der Waals surface area (Å²) >= 11 is 0. The van der Waals surface area contributed by atoms with E-state index in [4.69, 9.17) is 0 Å². The number of hydrogen-bond donors (Lipinski definition) is 0. The van der Waals surface area contributed by atoms with Crippen LogP contribution in [0.4, 0.5) is 0 Å². The molecule has 0 aromatic heterocycles. The van der Waals surface area contributed by atoms with Gasteiger partial charge < -0.3 is 4.90 Å². The van der Waals surface area contributed by atoms with E-state index in [1.807, 2.05) is 0 Å². The first kappa shape index (κ1) is 13.9. The summed E-state index contributed by atoms with van der Waals surface area (Å²) in [6.45, 7) is 3.82. The first-order chi connectivity index (χ1) is 8.95. The highest BCUT2D eigenvalue weighted by Gasteiger charge is 2.12. The summed E-state index contributed by atoms with van der Waals surface area (Å²) in [5, 5.41) is 0. The van der Waals surface area contributed by atoms with Gasteiger partial charge in [0, 0.05) is 19.4 Å². The van der Waals surface area contributed by atoms with Crippen molar-refractivity contribution in [3.63, 3.8) is 0 Å². The lowest BCUT2D eigenvalue weighted by Gasteiger charge is -2.25. The predicted molar refractivity (Wildman–Crippen MR) is 78.5 cm³/mol. The van der Waals surface area contributed by atoms with Gasteiger partial charge in [-0.05, 0) is 38.3 Å². The molecule has 0 atom stereocenters. The lowest BCUT2D eigenvalue weighted by Crippen LogP contribution is -2.30. The molecule has 2 aliphatic rings. The quantitative estimate of drug-likeness (QED) is 0.672. The molecule has 1 aliphatic heterocycles. The van der Waals surface area contributed by atoms with Crippen molar-refractivity contribution in [1.82, 2.24) is 4.90 Å². The zero-order valence-corrected chi connectivity index (χ0v) is 11.9. The van der Waals surface area contributed by atoms with Crippen LogP contribution in [-0.2, 0) is 0 Å². The Morgan fingerprint density at radius 1 is 0.778 bits per heavy atom. The monoisotopic (exact) mass is 247 g/mol. The van der Waals surface area contributed by atoms with Crippen LogP contribution >= 0.6 is 0 Å². The van der Waals surface area contributed by atoms with E-state index in [2.05, 4.69) is 16.7 Å². The van der Waals surface area contributed by atoms with Crippen LogP contribution in [-0.4, -0.2) is 24.5 Å². The van der Waals surface area contributed by atoms with Gasteiger partial charge in [-0.3, -0.25) is 0 Å². The molecule has 1 saturated carbocycles. The fraction of sp³-hybridized carbons (Fsp3) is 0.882. The summed E-state index contributed by atoms with van der Waals surface area (Å²) in [5.41, 5.74) is 0. The zero-order chi connectivity index (χ0) is 12.5. The molecule has 0 spiro atoms. The highest BCUT2D eigenvalue weighted by atomic mass is 15.1. The summed E-state index contributed by atoms with van der Waals surface area (Å²) < 4.78 is 0. The SMILES string of the molecule is C(#CCCN1CCCCC1)CCC1CCCCC1. The molecule has 0 N–H and O–H groups in total. The topological polar surface area (TPSA) is 3.24 Å². The van der Waals surface area contributed by atoms with Crippen molar-refractivity contribution < 1.29 is 0 Å². The van der Waals surface area contributed by atoms with Crippen LogP contribution in [0.1, 0.15) is 70.6 Å². The fourth-order valence-electron chi connectivity index (χ4n) is 3.33. The minimum atomic E-state index is 0.996. The molecule has 0 bridgehead atoms. The second kappa shape index (κ2) is 8.59. The molecule has 0 amide bonds. The molecule has 0 aromatic rings. The maximum absolute atomic E-state index is 3.40. The largest absolute Gasteiger partial charge is 0.302 e. The van der Waals surface area contributed by atoms with Gasteiger partial charge >= 0.3 is 0 Å². The Labute approximate surface area is 113 Å². The van der Waals surface area contributed by atoms with E-state index < -0.39 is 0 Å². The lowest BCUT2D eigenvalue weighted by atomic mass is 9.86. The summed E-state index contributed by atoms with van der Waals surface area (Å²) in [7, 11) is 0. The van der Waals surface area contributed by atoms with E-state index in [1.54, 1.807) is 0 Å². The second-order valence-corrected chi connectivity index (χ2v) is 6.05. The maximum Gasteiger partial charge on any atom is 0.0217 e. The van der Waals surface area contributed by atoms with Crippen molar-refractivity contribution in [3.05, 3.63) is 0 Å². The average Bonchev–Trinajstić information content (AvgIpc) is 2.45. The normalized spacial score (nSPS) is 22.4. The molecule has 2 fully saturated rings. The first-order valence-electron chi connectivity index (χ1n) is 8.13. The molecule has 0 aromatic carbocycles.